The number of hydrogen-bond acceptors (Lipinski definition) is 3. The molecule has 0 radical (unpaired) electrons. The fourth-order valence-electron chi connectivity index (χ4n) is 3.23. The van der Waals surface area contributed by atoms with E-state index in [0.29, 0.717) is 0 Å². The highest BCUT2D eigenvalue weighted by Gasteiger charge is 2.42. The van der Waals surface area contributed by atoms with Crippen LogP contribution in [0.25, 0.3) is 0 Å². The van der Waals surface area contributed by atoms with Gasteiger partial charge in [0, 0.05) is 36.9 Å². The van der Waals surface area contributed by atoms with E-state index in [1.54, 1.807) is 0 Å². The Balaban J connectivity index is 2.22. The zero-order chi connectivity index (χ0) is 14.6. The van der Waals surface area contributed by atoms with Gasteiger partial charge < -0.3 is 5.32 Å². The second-order valence-electron chi connectivity index (χ2n) is 6.38. The maximum absolute atomic E-state index is 4.52. The summed E-state index contributed by atoms with van der Waals surface area (Å²) in [5, 5.41) is 3.79. The van der Waals surface area contributed by atoms with Gasteiger partial charge in [-0.15, -0.1) is 0 Å². The first-order valence-corrected chi connectivity index (χ1v) is 7.97. The second kappa shape index (κ2) is 6.23. The molecule has 0 bridgehead atoms. The van der Waals surface area contributed by atoms with Crippen LogP contribution in [-0.2, 0) is 6.54 Å². The molecule has 1 aliphatic heterocycles. The van der Waals surface area contributed by atoms with E-state index >= 15 is 0 Å². The third kappa shape index (κ3) is 3.04. The lowest BCUT2D eigenvalue weighted by Crippen LogP contribution is -2.68. The predicted octanol–water partition coefficient (Wildman–Crippen LogP) is 3.21. The molecule has 1 unspecified atom stereocenters. The molecule has 0 aromatic carbocycles. The summed E-state index contributed by atoms with van der Waals surface area (Å²) in [4.78, 5) is 7.18. The zero-order valence-corrected chi connectivity index (χ0v) is 13.4. The first-order valence-electron chi connectivity index (χ1n) is 7.97. The van der Waals surface area contributed by atoms with Crippen molar-refractivity contribution in [3.63, 3.8) is 0 Å². The molecule has 2 heterocycles. The molecule has 0 amide bonds. The Labute approximate surface area is 123 Å². The Hall–Kier alpha value is -0.930. The largest absolute Gasteiger partial charge is 0.308 e. The van der Waals surface area contributed by atoms with Gasteiger partial charge in [-0.05, 0) is 38.3 Å². The molecule has 3 heteroatoms. The number of rotatable bonds is 5. The molecular weight excluding hydrogens is 246 g/mol. The lowest BCUT2D eigenvalue weighted by atomic mass is 9.82. The van der Waals surface area contributed by atoms with Crippen molar-refractivity contribution in [1.82, 2.24) is 15.2 Å². The smallest absolute Gasteiger partial charge is 0.0544 e. The standard InChI is InChI=1S/C17H29N3/c1-5-16(4)14-20(12-15-10-8-9-11-18-15)17(6-2,7-3)13-19-16/h8-11,19H,5-7,12-14H2,1-4H3. The van der Waals surface area contributed by atoms with Gasteiger partial charge in [-0.1, -0.05) is 26.8 Å². The molecule has 0 saturated carbocycles. The molecule has 112 valence electrons. The summed E-state index contributed by atoms with van der Waals surface area (Å²) < 4.78 is 0. The highest BCUT2D eigenvalue weighted by Crippen LogP contribution is 2.32. The van der Waals surface area contributed by atoms with E-state index < -0.39 is 0 Å². The topological polar surface area (TPSA) is 28.2 Å². The number of pyridine rings is 1. The maximum Gasteiger partial charge on any atom is 0.0544 e. The van der Waals surface area contributed by atoms with E-state index in [1.165, 1.54) is 18.5 Å². The van der Waals surface area contributed by atoms with Crippen molar-refractivity contribution in [2.24, 2.45) is 0 Å². The van der Waals surface area contributed by atoms with Crippen LogP contribution in [0.4, 0.5) is 0 Å². The van der Waals surface area contributed by atoms with Crippen LogP contribution in [0, 0.1) is 0 Å². The highest BCUT2D eigenvalue weighted by molar-refractivity contribution is 5.08. The van der Waals surface area contributed by atoms with Crippen molar-refractivity contribution in [2.75, 3.05) is 13.1 Å². The van der Waals surface area contributed by atoms with E-state index in [1.807, 2.05) is 12.3 Å². The lowest BCUT2D eigenvalue weighted by Gasteiger charge is -2.53. The van der Waals surface area contributed by atoms with Crippen LogP contribution in [0.15, 0.2) is 24.4 Å². The molecule has 1 N–H and O–H groups in total. The van der Waals surface area contributed by atoms with E-state index in [9.17, 15) is 0 Å². The molecule has 1 atom stereocenters. The normalized spacial score (nSPS) is 26.6. The predicted molar refractivity (Wildman–Crippen MR) is 84.7 cm³/mol. The Morgan fingerprint density at radius 3 is 2.50 bits per heavy atom. The van der Waals surface area contributed by atoms with Gasteiger partial charge in [0.1, 0.15) is 0 Å². The van der Waals surface area contributed by atoms with Gasteiger partial charge in [0.15, 0.2) is 0 Å². The van der Waals surface area contributed by atoms with Gasteiger partial charge in [0.2, 0.25) is 0 Å². The minimum Gasteiger partial charge on any atom is -0.308 e. The SMILES string of the molecule is CCC1(C)CN(Cc2ccccn2)C(CC)(CC)CN1. The summed E-state index contributed by atoms with van der Waals surface area (Å²) in [6.07, 6.45) is 5.43. The van der Waals surface area contributed by atoms with Crippen LogP contribution in [0.3, 0.4) is 0 Å². The fourth-order valence-corrected chi connectivity index (χ4v) is 3.23. The Morgan fingerprint density at radius 2 is 1.95 bits per heavy atom. The number of piperazine rings is 1. The maximum atomic E-state index is 4.52. The van der Waals surface area contributed by atoms with E-state index in [2.05, 4.69) is 55.0 Å². The molecule has 1 aliphatic rings. The van der Waals surface area contributed by atoms with Crippen LogP contribution in [0.5, 0.6) is 0 Å². The third-order valence-electron chi connectivity index (χ3n) is 5.23. The number of nitrogens with zero attached hydrogens (tertiary/aromatic N) is 2. The van der Waals surface area contributed by atoms with Crippen molar-refractivity contribution in [3.8, 4) is 0 Å². The van der Waals surface area contributed by atoms with Crippen LogP contribution in [-0.4, -0.2) is 34.1 Å². The van der Waals surface area contributed by atoms with Crippen LogP contribution < -0.4 is 5.32 Å². The summed E-state index contributed by atoms with van der Waals surface area (Å²) in [5.74, 6) is 0. The van der Waals surface area contributed by atoms with Crippen molar-refractivity contribution < 1.29 is 0 Å². The second-order valence-corrected chi connectivity index (χ2v) is 6.38. The van der Waals surface area contributed by atoms with Crippen molar-refractivity contribution >= 4 is 0 Å². The van der Waals surface area contributed by atoms with Crippen LogP contribution >= 0.6 is 0 Å². The molecule has 20 heavy (non-hydrogen) atoms. The summed E-state index contributed by atoms with van der Waals surface area (Å²) in [6.45, 7) is 12.4. The van der Waals surface area contributed by atoms with Gasteiger partial charge in [0.25, 0.3) is 0 Å². The third-order valence-corrected chi connectivity index (χ3v) is 5.23. The molecule has 2 rings (SSSR count). The molecule has 3 nitrogen and oxygen atoms in total. The zero-order valence-electron chi connectivity index (χ0n) is 13.4. The van der Waals surface area contributed by atoms with Crippen molar-refractivity contribution in [2.45, 2.75) is 64.6 Å². The molecule has 1 aromatic rings. The average molecular weight is 275 g/mol. The summed E-state index contributed by atoms with van der Waals surface area (Å²) in [5.41, 5.74) is 1.67. The number of hydrogen-bond donors (Lipinski definition) is 1. The average Bonchev–Trinajstić information content (AvgIpc) is 2.49. The molecule has 1 aromatic heterocycles. The highest BCUT2D eigenvalue weighted by atomic mass is 15.3. The first kappa shape index (κ1) is 15.5. The van der Waals surface area contributed by atoms with Crippen molar-refractivity contribution in [1.29, 1.82) is 0 Å². The Bertz CT molecular complexity index is 414. The molecule has 1 saturated heterocycles. The Kier molecular flexibility index (Phi) is 4.82. The lowest BCUT2D eigenvalue weighted by molar-refractivity contribution is -0.00490. The van der Waals surface area contributed by atoms with E-state index in [4.69, 9.17) is 0 Å². The van der Waals surface area contributed by atoms with Gasteiger partial charge >= 0.3 is 0 Å². The van der Waals surface area contributed by atoms with Crippen molar-refractivity contribution in [3.05, 3.63) is 30.1 Å². The summed E-state index contributed by atoms with van der Waals surface area (Å²) in [6, 6.07) is 6.22. The van der Waals surface area contributed by atoms with E-state index in [-0.39, 0.29) is 11.1 Å². The molecule has 0 aliphatic carbocycles. The van der Waals surface area contributed by atoms with Gasteiger partial charge in [-0.3, -0.25) is 9.88 Å². The number of aromatic nitrogens is 1. The minimum atomic E-state index is 0.225. The quantitative estimate of drug-likeness (QED) is 0.894. The van der Waals surface area contributed by atoms with Gasteiger partial charge in [-0.2, -0.15) is 0 Å². The van der Waals surface area contributed by atoms with Gasteiger partial charge in [0.05, 0.1) is 5.69 Å². The number of nitrogens with one attached hydrogen (secondary N) is 1. The molecular formula is C17H29N3. The van der Waals surface area contributed by atoms with Crippen LogP contribution in [0.2, 0.25) is 0 Å². The summed E-state index contributed by atoms with van der Waals surface area (Å²) in [7, 11) is 0. The fraction of sp³-hybridized carbons (Fsp3) is 0.706. The minimum absolute atomic E-state index is 0.225. The van der Waals surface area contributed by atoms with Gasteiger partial charge in [-0.25, -0.2) is 0 Å². The molecule has 0 spiro atoms. The van der Waals surface area contributed by atoms with E-state index in [0.717, 1.165) is 26.1 Å². The summed E-state index contributed by atoms with van der Waals surface area (Å²) >= 11 is 0. The van der Waals surface area contributed by atoms with Crippen LogP contribution in [0.1, 0.15) is 52.7 Å². The monoisotopic (exact) mass is 275 g/mol. The molecule has 1 fully saturated rings. The Morgan fingerprint density at radius 1 is 1.20 bits per heavy atom. The first-order chi connectivity index (χ1) is 9.57.